The lowest BCUT2D eigenvalue weighted by atomic mass is 10.0. The average molecular weight is 1120 g/mol. The van der Waals surface area contributed by atoms with Gasteiger partial charge in [0.2, 0.25) is 5.91 Å². The third-order valence-corrected chi connectivity index (χ3v) is 16.9. The summed E-state index contributed by atoms with van der Waals surface area (Å²) in [6, 6.07) is -0.539. The first-order chi connectivity index (χ1) is 39.5. The number of rotatable bonds is 68. The van der Waals surface area contributed by atoms with Crippen molar-refractivity contribution in [2.45, 2.75) is 411 Å². The molecule has 80 heavy (non-hydrogen) atoms. The quantitative estimate of drug-likeness (QED) is 0.0320. The number of aliphatic hydroxyl groups excluding tert-OH is 2. The minimum atomic E-state index is -0.662. The third-order valence-electron chi connectivity index (χ3n) is 16.9. The molecule has 0 aromatic heterocycles. The van der Waals surface area contributed by atoms with E-state index >= 15 is 0 Å². The predicted octanol–water partition coefficient (Wildman–Crippen LogP) is 23.5. The Labute approximate surface area is 500 Å². The fourth-order valence-electron chi connectivity index (χ4n) is 11.4. The maximum atomic E-state index is 12.5. The molecule has 0 aromatic rings. The molecule has 472 valence electrons. The summed E-state index contributed by atoms with van der Waals surface area (Å²) in [5, 5.41) is 23.3. The van der Waals surface area contributed by atoms with Crippen LogP contribution in [0, 0.1) is 0 Å². The summed E-state index contributed by atoms with van der Waals surface area (Å²) in [4.78, 5) is 24.6. The van der Waals surface area contributed by atoms with Crippen molar-refractivity contribution >= 4 is 11.9 Å². The van der Waals surface area contributed by atoms with Crippen LogP contribution in [0.5, 0.6) is 0 Å². The van der Waals surface area contributed by atoms with E-state index in [0.29, 0.717) is 25.9 Å². The number of aliphatic hydroxyl groups is 2. The Morgan fingerprint density at radius 3 is 0.975 bits per heavy atom. The first-order valence-corrected chi connectivity index (χ1v) is 36.2. The van der Waals surface area contributed by atoms with E-state index in [-0.39, 0.29) is 18.5 Å². The van der Waals surface area contributed by atoms with Gasteiger partial charge in [0.05, 0.1) is 25.4 Å². The first-order valence-electron chi connectivity index (χ1n) is 36.2. The van der Waals surface area contributed by atoms with E-state index in [1.54, 1.807) is 0 Å². The number of hydrogen-bond acceptors (Lipinski definition) is 5. The second kappa shape index (κ2) is 69.6. The van der Waals surface area contributed by atoms with E-state index in [0.717, 1.165) is 51.4 Å². The summed E-state index contributed by atoms with van der Waals surface area (Å²) in [7, 11) is 0. The normalized spacial score (nSPS) is 12.7. The number of nitrogens with one attached hydrogen (secondary N) is 1. The van der Waals surface area contributed by atoms with Gasteiger partial charge >= 0.3 is 5.97 Å². The second-order valence-electron chi connectivity index (χ2n) is 24.9. The van der Waals surface area contributed by atoms with Gasteiger partial charge < -0.3 is 20.3 Å². The molecule has 1 amide bonds. The number of hydrogen-bond donors (Lipinski definition) is 3. The molecular formula is C74H141NO5. The molecule has 2 unspecified atom stereocenters. The van der Waals surface area contributed by atoms with Crippen LogP contribution in [0.4, 0.5) is 0 Å². The Morgan fingerprint density at radius 1 is 0.350 bits per heavy atom. The Kier molecular flexibility index (Phi) is 67.9. The van der Waals surface area contributed by atoms with Crippen LogP contribution in [0.25, 0.3) is 0 Å². The monoisotopic (exact) mass is 1120 g/mol. The number of esters is 1. The van der Waals surface area contributed by atoms with Crippen LogP contribution in [-0.4, -0.2) is 47.4 Å². The number of unbranched alkanes of at least 4 members (excludes halogenated alkanes) is 51. The summed E-state index contributed by atoms with van der Waals surface area (Å²) in [5.41, 5.74) is 0. The molecule has 6 nitrogen and oxygen atoms in total. The van der Waals surface area contributed by atoms with E-state index in [1.165, 1.54) is 315 Å². The van der Waals surface area contributed by atoms with Crippen LogP contribution in [0.2, 0.25) is 0 Å². The van der Waals surface area contributed by atoms with E-state index < -0.39 is 12.1 Å². The van der Waals surface area contributed by atoms with Crippen molar-refractivity contribution in [3.63, 3.8) is 0 Å². The number of allylic oxidation sites excluding steroid dienone is 6. The highest BCUT2D eigenvalue weighted by Crippen LogP contribution is 2.19. The third kappa shape index (κ3) is 65.2. The van der Waals surface area contributed by atoms with Gasteiger partial charge in [0.1, 0.15) is 0 Å². The molecular weight excluding hydrogens is 983 g/mol. The second-order valence-corrected chi connectivity index (χ2v) is 24.9. The van der Waals surface area contributed by atoms with Gasteiger partial charge in [-0.05, 0) is 83.5 Å². The maximum Gasteiger partial charge on any atom is 0.305 e. The largest absolute Gasteiger partial charge is 0.466 e. The zero-order valence-electron chi connectivity index (χ0n) is 54.1. The zero-order valence-corrected chi connectivity index (χ0v) is 54.1. The van der Waals surface area contributed by atoms with Crippen LogP contribution in [0.15, 0.2) is 36.5 Å². The van der Waals surface area contributed by atoms with Crippen LogP contribution in [0.3, 0.4) is 0 Å². The SMILES string of the molecule is CCCCCC/C=C\C/C=C\CCCCCCCCCC(=O)OCCCCCCCCCCCCCC/C=C\CCCCCCCCCCCCCCCCCC(=O)NC(CO)C(O)CCCCCCCCCCCCCCCC. The van der Waals surface area contributed by atoms with E-state index in [1.807, 2.05) is 0 Å². The minimum absolute atomic E-state index is 0.0108. The maximum absolute atomic E-state index is 12.5. The molecule has 0 saturated carbocycles. The molecule has 0 aliphatic heterocycles. The Bertz CT molecular complexity index is 1300. The summed E-state index contributed by atoms with van der Waals surface area (Å²) in [6.45, 7) is 4.96. The van der Waals surface area contributed by atoms with Crippen molar-refractivity contribution in [3.05, 3.63) is 36.5 Å². The Balaban J connectivity index is 3.35. The standard InChI is InChI=1S/C74H141NO5/c1-3-5-7-9-11-13-15-17-19-20-37-40-44-48-52-56-60-64-68-74(79)80-69-65-61-57-53-49-45-41-38-35-33-31-29-27-25-23-21-22-24-26-28-30-32-34-36-39-43-47-51-55-59-63-67-73(78)75-71(70-76)72(77)66-62-58-54-50-46-42-18-16-14-12-10-8-6-4-2/h13,15,19-20,23,25,71-72,76-77H,3-12,14,16-18,21-22,24,26-70H2,1-2H3,(H,75,78)/b15-13-,20-19-,25-23-. The number of carbonyl (C=O) groups excluding carboxylic acids is 2. The molecule has 0 spiro atoms. The molecule has 0 aromatic carbocycles. The molecule has 6 heteroatoms. The molecule has 0 radical (unpaired) electrons. The van der Waals surface area contributed by atoms with Crippen LogP contribution < -0.4 is 5.32 Å². The van der Waals surface area contributed by atoms with E-state index in [4.69, 9.17) is 4.74 Å². The van der Waals surface area contributed by atoms with Crippen LogP contribution in [-0.2, 0) is 14.3 Å². The van der Waals surface area contributed by atoms with E-state index in [2.05, 4.69) is 55.6 Å². The molecule has 0 aliphatic rings. The highest BCUT2D eigenvalue weighted by Gasteiger charge is 2.20. The van der Waals surface area contributed by atoms with Gasteiger partial charge in [-0.2, -0.15) is 0 Å². The highest BCUT2D eigenvalue weighted by atomic mass is 16.5. The number of carbonyl (C=O) groups is 2. The van der Waals surface area contributed by atoms with Crippen molar-refractivity contribution in [2.75, 3.05) is 13.2 Å². The lowest BCUT2D eigenvalue weighted by Crippen LogP contribution is -2.45. The van der Waals surface area contributed by atoms with Gasteiger partial charge in [-0.15, -0.1) is 0 Å². The van der Waals surface area contributed by atoms with Crippen LogP contribution >= 0.6 is 0 Å². The Hall–Kier alpha value is -1.92. The summed E-state index contributed by atoms with van der Waals surface area (Å²) in [5.74, 6) is -0.0199. The van der Waals surface area contributed by atoms with Crippen molar-refractivity contribution in [3.8, 4) is 0 Å². The fourth-order valence-corrected chi connectivity index (χ4v) is 11.4. The molecule has 0 rings (SSSR count). The van der Waals surface area contributed by atoms with Crippen molar-refractivity contribution < 1.29 is 24.5 Å². The Morgan fingerprint density at radius 2 is 0.625 bits per heavy atom. The molecule has 0 aliphatic carbocycles. The van der Waals surface area contributed by atoms with E-state index in [9.17, 15) is 19.8 Å². The predicted molar refractivity (Wildman–Crippen MR) is 352 cm³/mol. The van der Waals surface area contributed by atoms with Gasteiger partial charge in [0.25, 0.3) is 0 Å². The highest BCUT2D eigenvalue weighted by molar-refractivity contribution is 5.76. The first kappa shape index (κ1) is 78.1. The lowest BCUT2D eigenvalue weighted by molar-refractivity contribution is -0.143. The summed E-state index contributed by atoms with van der Waals surface area (Å²) >= 11 is 0. The fraction of sp³-hybridized carbons (Fsp3) is 0.892. The van der Waals surface area contributed by atoms with Gasteiger partial charge in [-0.3, -0.25) is 9.59 Å². The zero-order chi connectivity index (χ0) is 57.8. The van der Waals surface area contributed by atoms with Gasteiger partial charge in [-0.1, -0.05) is 339 Å². The smallest absolute Gasteiger partial charge is 0.305 e. The van der Waals surface area contributed by atoms with Gasteiger partial charge in [0.15, 0.2) is 0 Å². The number of ether oxygens (including phenoxy) is 1. The minimum Gasteiger partial charge on any atom is -0.466 e. The average Bonchev–Trinajstić information content (AvgIpc) is 3.46. The molecule has 0 saturated heterocycles. The molecule has 0 bridgehead atoms. The summed E-state index contributed by atoms with van der Waals surface area (Å²) in [6.07, 6.45) is 89.2. The topological polar surface area (TPSA) is 95.9 Å². The molecule has 2 atom stereocenters. The number of amides is 1. The summed E-state index contributed by atoms with van der Waals surface area (Å²) < 4.78 is 5.50. The van der Waals surface area contributed by atoms with Gasteiger partial charge in [-0.25, -0.2) is 0 Å². The van der Waals surface area contributed by atoms with Crippen molar-refractivity contribution in [1.82, 2.24) is 5.32 Å². The van der Waals surface area contributed by atoms with Crippen LogP contribution in [0.1, 0.15) is 399 Å². The molecule has 0 fully saturated rings. The van der Waals surface area contributed by atoms with Crippen molar-refractivity contribution in [1.29, 1.82) is 0 Å². The van der Waals surface area contributed by atoms with Gasteiger partial charge in [0, 0.05) is 12.8 Å². The molecule has 0 heterocycles. The van der Waals surface area contributed by atoms with Crippen molar-refractivity contribution in [2.24, 2.45) is 0 Å². The lowest BCUT2D eigenvalue weighted by Gasteiger charge is -2.22. The molecule has 3 N–H and O–H groups in total.